The number of hydrogen-bond donors (Lipinski definition) is 2. The Morgan fingerprint density at radius 2 is 1.87 bits per heavy atom. The van der Waals surface area contributed by atoms with Crippen LogP contribution in [0.4, 0.5) is 4.79 Å². The number of aromatic carboxylic acids is 1. The average Bonchev–Trinajstić information content (AvgIpc) is 2.97. The van der Waals surface area contributed by atoms with E-state index < -0.39 is 11.6 Å². The summed E-state index contributed by atoms with van der Waals surface area (Å²) in [5.41, 5.74) is 2.74. The Hall–Kier alpha value is -2.02. The van der Waals surface area contributed by atoms with Crippen molar-refractivity contribution in [3.63, 3.8) is 0 Å². The van der Waals surface area contributed by atoms with Gasteiger partial charge in [0.25, 0.3) is 0 Å². The molecule has 2 N–H and O–H groups in total. The lowest BCUT2D eigenvalue weighted by atomic mass is 9.58. The largest absolute Gasteiger partial charge is 0.477 e. The van der Waals surface area contributed by atoms with Crippen molar-refractivity contribution in [3.05, 3.63) is 22.5 Å². The molecule has 2 fully saturated rings. The number of carboxylic acids is 1. The minimum absolute atomic E-state index is 0.000449. The highest BCUT2D eigenvalue weighted by Gasteiger charge is 2.53. The van der Waals surface area contributed by atoms with Crippen molar-refractivity contribution in [1.29, 1.82) is 0 Å². The van der Waals surface area contributed by atoms with Crippen LogP contribution in [0.1, 0.15) is 87.3 Å². The standard InChI is InChI=1S/C24H36N2O5/c1-14-17-16(25-18(14)20(27)28)12-23(5,6)15-11-24(13-30-19(15)17)7-9-26(10-8-24)21(29)31-22(2,3)4/h15,19,25H,7-13H2,1-6H3,(H,27,28)/t15-,19-/m1/s1. The molecule has 1 aromatic rings. The molecule has 4 rings (SSSR count). The van der Waals surface area contributed by atoms with E-state index in [1.165, 1.54) is 0 Å². The van der Waals surface area contributed by atoms with Crippen LogP contribution in [0.2, 0.25) is 0 Å². The second-order valence-corrected chi connectivity index (χ2v) is 11.5. The van der Waals surface area contributed by atoms with Gasteiger partial charge < -0.3 is 24.5 Å². The summed E-state index contributed by atoms with van der Waals surface area (Å²) in [6.45, 7) is 14.1. The summed E-state index contributed by atoms with van der Waals surface area (Å²) in [5, 5.41) is 9.57. The number of hydrogen-bond acceptors (Lipinski definition) is 4. The number of H-pyrrole nitrogens is 1. The molecule has 3 aliphatic rings. The van der Waals surface area contributed by atoms with E-state index in [0.29, 0.717) is 25.6 Å². The first-order chi connectivity index (χ1) is 14.3. The van der Waals surface area contributed by atoms with Crippen LogP contribution in [0, 0.1) is 23.7 Å². The highest BCUT2D eigenvalue weighted by Crippen LogP contribution is 2.57. The number of likely N-dealkylation sites (tertiary alicyclic amines) is 1. The van der Waals surface area contributed by atoms with Gasteiger partial charge in [0.15, 0.2) is 0 Å². The zero-order valence-electron chi connectivity index (χ0n) is 19.6. The minimum atomic E-state index is -0.914. The molecule has 7 heteroatoms. The number of piperidine rings is 1. The highest BCUT2D eigenvalue weighted by atomic mass is 16.6. The van der Waals surface area contributed by atoms with Gasteiger partial charge in [-0.3, -0.25) is 0 Å². The lowest BCUT2D eigenvalue weighted by Crippen LogP contribution is -2.52. The third-order valence-electron chi connectivity index (χ3n) is 7.58. The molecule has 1 aliphatic carbocycles. The van der Waals surface area contributed by atoms with Crippen molar-refractivity contribution in [2.24, 2.45) is 16.7 Å². The van der Waals surface area contributed by atoms with Crippen LogP contribution in [0.5, 0.6) is 0 Å². The second-order valence-electron chi connectivity index (χ2n) is 11.5. The molecular formula is C24H36N2O5. The van der Waals surface area contributed by atoms with Gasteiger partial charge in [0.05, 0.1) is 12.7 Å². The topological polar surface area (TPSA) is 91.9 Å². The number of amides is 1. The van der Waals surface area contributed by atoms with E-state index in [1.807, 2.05) is 32.6 Å². The van der Waals surface area contributed by atoms with Crippen molar-refractivity contribution < 1.29 is 24.2 Å². The Labute approximate surface area is 184 Å². The number of nitrogens with zero attached hydrogens (tertiary/aromatic N) is 1. The molecule has 2 aliphatic heterocycles. The lowest BCUT2D eigenvalue weighted by molar-refractivity contribution is -0.153. The first-order valence-corrected chi connectivity index (χ1v) is 11.4. The minimum Gasteiger partial charge on any atom is -0.477 e. The molecule has 3 heterocycles. The fraction of sp³-hybridized carbons (Fsp3) is 0.750. The van der Waals surface area contributed by atoms with E-state index in [1.54, 1.807) is 0 Å². The van der Waals surface area contributed by atoms with Gasteiger partial charge in [0, 0.05) is 24.3 Å². The quantitative estimate of drug-likeness (QED) is 0.671. The smallest absolute Gasteiger partial charge is 0.410 e. The number of nitrogens with one attached hydrogen (secondary N) is 1. The van der Waals surface area contributed by atoms with Gasteiger partial charge in [0.2, 0.25) is 0 Å². The molecule has 31 heavy (non-hydrogen) atoms. The van der Waals surface area contributed by atoms with Crippen LogP contribution in [-0.2, 0) is 15.9 Å². The van der Waals surface area contributed by atoms with E-state index in [-0.39, 0.29) is 28.7 Å². The number of carboxylic acid groups (broad SMARTS) is 1. The van der Waals surface area contributed by atoms with Gasteiger partial charge in [-0.15, -0.1) is 0 Å². The van der Waals surface area contributed by atoms with Gasteiger partial charge in [-0.05, 0) is 75.7 Å². The molecule has 0 radical (unpaired) electrons. The van der Waals surface area contributed by atoms with E-state index >= 15 is 0 Å². The molecule has 0 aromatic carbocycles. The number of carbonyl (C=O) groups excluding carboxylic acids is 1. The van der Waals surface area contributed by atoms with Crippen LogP contribution < -0.4 is 0 Å². The van der Waals surface area contributed by atoms with Crippen molar-refractivity contribution in [1.82, 2.24) is 9.88 Å². The summed E-state index contributed by atoms with van der Waals surface area (Å²) in [5.74, 6) is -0.596. The predicted octanol–water partition coefficient (Wildman–Crippen LogP) is 4.70. The average molecular weight is 433 g/mol. The van der Waals surface area contributed by atoms with E-state index in [2.05, 4.69) is 18.8 Å². The van der Waals surface area contributed by atoms with Crippen LogP contribution >= 0.6 is 0 Å². The summed E-state index contributed by atoms with van der Waals surface area (Å²) in [6.07, 6.45) is 3.37. The number of rotatable bonds is 1. The zero-order valence-corrected chi connectivity index (χ0v) is 19.6. The SMILES string of the molecule is Cc1c(C(=O)O)[nH]c2c1[C@@H]1OCC3(CCN(C(=O)OC(C)(C)C)CC3)C[C@H]1C(C)(C)C2. The normalized spacial score (nSPS) is 26.8. The number of carbonyl (C=O) groups is 2. The molecule has 1 spiro atoms. The third-order valence-corrected chi connectivity index (χ3v) is 7.58. The van der Waals surface area contributed by atoms with Gasteiger partial charge in [-0.1, -0.05) is 13.8 Å². The predicted molar refractivity (Wildman–Crippen MR) is 116 cm³/mol. The number of ether oxygens (including phenoxy) is 2. The molecule has 0 bridgehead atoms. The van der Waals surface area contributed by atoms with E-state index in [4.69, 9.17) is 9.47 Å². The van der Waals surface area contributed by atoms with Crippen molar-refractivity contribution in [2.45, 2.75) is 78.9 Å². The summed E-state index contributed by atoms with van der Waals surface area (Å²) in [4.78, 5) is 29.1. The Morgan fingerprint density at radius 3 is 2.45 bits per heavy atom. The number of aromatic nitrogens is 1. The van der Waals surface area contributed by atoms with E-state index in [0.717, 1.165) is 42.5 Å². The van der Waals surface area contributed by atoms with Crippen LogP contribution in [0.25, 0.3) is 0 Å². The Kier molecular flexibility index (Phi) is 5.19. The fourth-order valence-electron chi connectivity index (χ4n) is 5.82. The molecular weight excluding hydrogens is 396 g/mol. The number of fused-ring (bicyclic) bond motifs is 3. The molecule has 1 amide bonds. The zero-order chi connectivity index (χ0) is 22.8. The van der Waals surface area contributed by atoms with Crippen molar-refractivity contribution in [2.75, 3.05) is 19.7 Å². The first kappa shape index (κ1) is 22.2. The molecule has 0 saturated carbocycles. The van der Waals surface area contributed by atoms with Crippen molar-refractivity contribution in [3.8, 4) is 0 Å². The summed E-state index contributed by atoms with van der Waals surface area (Å²) < 4.78 is 12.1. The Morgan fingerprint density at radius 1 is 1.23 bits per heavy atom. The number of aromatic amines is 1. The fourth-order valence-corrected chi connectivity index (χ4v) is 5.82. The second kappa shape index (κ2) is 7.26. The summed E-state index contributed by atoms with van der Waals surface area (Å²) in [7, 11) is 0. The Balaban J connectivity index is 1.52. The van der Waals surface area contributed by atoms with Crippen LogP contribution in [-0.4, -0.2) is 52.4 Å². The summed E-state index contributed by atoms with van der Waals surface area (Å²) in [6, 6.07) is 0. The molecule has 2 saturated heterocycles. The van der Waals surface area contributed by atoms with Crippen molar-refractivity contribution >= 4 is 12.1 Å². The van der Waals surface area contributed by atoms with E-state index in [9.17, 15) is 14.7 Å². The maximum absolute atomic E-state index is 12.5. The van der Waals surface area contributed by atoms with Crippen LogP contribution in [0.15, 0.2) is 0 Å². The molecule has 172 valence electrons. The van der Waals surface area contributed by atoms with Gasteiger partial charge in [-0.2, -0.15) is 0 Å². The monoisotopic (exact) mass is 432 g/mol. The van der Waals surface area contributed by atoms with Gasteiger partial charge in [0.1, 0.15) is 11.3 Å². The maximum Gasteiger partial charge on any atom is 0.410 e. The van der Waals surface area contributed by atoms with Gasteiger partial charge in [-0.25, -0.2) is 9.59 Å². The maximum atomic E-state index is 12.5. The van der Waals surface area contributed by atoms with Crippen LogP contribution in [0.3, 0.4) is 0 Å². The third kappa shape index (κ3) is 3.97. The molecule has 0 unspecified atom stereocenters. The first-order valence-electron chi connectivity index (χ1n) is 11.4. The molecule has 2 atom stereocenters. The highest BCUT2D eigenvalue weighted by molar-refractivity contribution is 5.88. The summed E-state index contributed by atoms with van der Waals surface area (Å²) >= 11 is 0. The lowest BCUT2D eigenvalue weighted by Gasteiger charge is -2.54. The molecule has 1 aromatic heterocycles. The molecule has 7 nitrogen and oxygen atoms in total. The van der Waals surface area contributed by atoms with Gasteiger partial charge >= 0.3 is 12.1 Å². The Bertz CT molecular complexity index is 887.